The summed E-state index contributed by atoms with van der Waals surface area (Å²) in [5.41, 5.74) is 2.58. The summed E-state index contributed by atoms with van der Waals surface area (Å²) in [6.45, 7) is 0.442. The van der Waals surface area contributed by atoms with Crippen molar-refractivity contribution in [3.05, 3.63) is 99.5 Å². The lowest BCUT2D eigenvalue weighted by molar-refractivity contribution is 0.0951. The first-order valence-electron chi connectivity index (χ1n) is 9.08. The van der Waals surface area contributed by atoms with Crippen LogP contribution in [0.15, 0.2) is 72.8 Å². The molecule has 1 amide bonds. The van der Waals surface area contributed by atoms with Crippen LogP contribution in [0.2, 0.25) is 10.0 Å². The Balaban J connectivity index is 1.68. The van der Waals surface area contributed by atoms with E-state index in [9.17, 15) is 13.2 Å². The predicted molar refractivity (Wildman–Crippen MR) is 122 cm³/mol. The number of hydrogen-bond donors (Lipinski definition) is 1. The van der Waals surface area contributed by atoms with E-state index < -0.39 is 10.0 Å². The van der Waals surface area contributed by atoms with Crippen LogP contribution in [0.4, 0.5) is 5.69 Å². The van der Waals surface area contributed by atoms with Crippen molar-refractivity contribution in [2.24, 2.45) is 0 Å². The van der Waals surface area contributed by atoms with Gasteiger partial charge in [-0.15, -0.1) is 0 Å². The quantitative estimate of drug-likeness (QED) is 0.543. The Kier molecular flexibility index (Phi) is 7.02. The zero-order valence-electron chi connectivity index (χ0n) is 16.2. The van der Waals surface area contributed by atoms with Crippen molar-refractivity contribution < 1.29 is 13.2 Å². The normalized spacial score (nSPS) is 11.2. The highest BCUT2D eigenvalue weighted by atomic mass is 35.5. The Hall–Kier alpha value is -2.54. The molecule has 0 saturated heterocycles. The van der Waals surface area contributed by atoms with Gasteiger partial charge < -0.3 is 5.32 Å². The van der Waals surface area contributed by atoms with Gasteiger partial charge in [-0.1, -0.05) is 59.6 Å². The first-order chi connectivity index (χ1) is 14.2. The Bertz CT molecular complexity index is 1130. The summed E-state index contributed by atoms with van der Waals surface area (Å²) in [5.74, 6) is -0.254. The first-order valence-corrected chi connectivity index (χ1v) is 11.7. The van der Waals surface area contributed by atoms with Gasteiger partial charge in [0, 0.05) is 22.2 Å². The van der Waals surface area contributed by atoms with Gasteiger partial charge in [-0.3, -0.25) is 9.10 Å². The van der Waals surface area contributed by atoms with Crippen LogP contribution < -0.4 is 9.62 Å². The molecule has 0 radical (unpaired) electrons. The fourth-order valence-electron chi connectivity index (χ4n) is 2.86. The highest BCUT2D eigenvalue weighted by Gasteiger charge is 2.18. The van der Waals surface area contributed by atoms with Crippen LogP contribution in [0.3, 0.4) is 0 Å². The summed E-state index contributed by atoms with van der Waals surface area (Å²) in [6, 6.07) is 20.8. The molecule has 0 aliphatic rings. The third-order valence-corrected chi connectivity index (χ3v) is 6.17. The number of nitrogens with one attached hydrogen (secondary N) is 1. The molecule has 5 nitrogen and oxygen atoms in total. The van der Waals surface area contributed by atoms with Crippen LogP contribution in [-0.4, -0.2) is 20.6 Å². The lowest BCUT2D eigenvalue weighted by atomic mass is 10.1. The maximum Gasteiger partial charge on any atom is 0.251 e. The predicted octanol–water partition coefficient (Wildman–Crippen LogP) is 4.89. The van der Waals surface area contributed by atoms with Crippen molar-refractivity contribution in [3.8, 4) is 0 Å². The molecule has 0 aromatic heterocycles. The molecular weight excluding hydrogens is 443 g/mol. The number of amides is 1. The minimum Gasteiger partial charge on any atom is -0.348 e. The Morgan fingerprint density at radius 2 is 1.63 bits per heavy atom. The average Bonchev–Trinajstić information content (AvgIpc) is 2.71. The highest BCUT2D eigenvalue weighted by Crippen LogP contribution is 2.22. The summed E-state index contributed by atoms with van der Waals surface area (Å²) >= 11 is 12.0. The molecule has 0 saturated carbocycles. The van der Waals surface area contributed by atoms with E-state index in [1.54, 1.807) is 66.7 Å². The molecule has 0 bridgehead atoms. The lowest BCUT2D eigenvalue weighted by Gasteiger charge is -2.22. The Morgan fingerprint density at radius 3 is 2.23 bits per heavy atom. The molecule has 3 rings (SSSR count). The maximum absolute atomic E-state index is 12.4. The van der Waals surface area contributed by atoms with Crippen LogP contribution in [0.1, 0.15) is 21.5 Å². The van der Waals surface area contributed by atoms with Crippen LogP contribution in [0, 0.1) is 0 Å². The number of anilines is 1. The van der Waals surface area contributed by atoms with Gasteiger partial charge >= 0.3 is 0 Å². The van der Waals surface area contributed by atoms with Crippen molar-refractivity contribution in [2.75, 3.05) is 10.6 Å². The summed E-state index contributed by atoms with van der Waals surface area (Å²) in [6.07, 6.45) is 1.17. The second-order valence-electron chi connectivity index (χ2n) is 6.72. The third kappa shape index (κ3) is 5.75. The standard InChI is InChI=1S/C22H20Cl2N2O3S/c1-30(28,29)26(20-5-3-2-4-6-20)15-16-7-9-17(10-8-16)22(27)25-14-18-11-12-19(23)13-21(18)24/h2-13H,14-15H2,1H3,(H,25,27). The molecule has 8 heteroatoms. The van der Waals surface area contributed by atoms with E-state index in [0.29, 0.717) is 21.3 Å². The van der Waals surface area contributed by atoms with Gasteiger partial charge in [0.2, 0.25) is 10.0 Å². The number of carbonyl (C=O) groups is 1. The molecule has 0 aliphatic heterocycles. The molecule has 156 valence electrons. The van der Waals surface area contributed by atoms with Gasteiger partial charge in [-0.05, 0) is 47.5 Å². The number of benzene rings is 3. The van der Waals surface area contributed by atoms with E-state index in [4.69, 9.17) is 23.2 Å². The molecule has 0 heterocycles. The van der Waals surface area contributed by atoms with Gasteiger partial charge in [0.05, 0.1) is 18.5 Å². The molecule has 0 aliphatic carbocycles. The zero-order valence-corrected chi connectivity index (χ0v) is 18.5. The SMILES string of the molecule is CS(=O)(=O)N(Cc1ccc(C(=O)NCc2ccc(Cl)cc2Cl)cc1)c1ccccc1. The Labute approximate surface area is 186 Å². The average molecular weight is 463 g/mol. The number of carbonyl (C=O) groups excluding carboxylic acids is 1. The molecular formula is C22H20Cl2N2O3S. The molecule has 0 fully saturated rings. The monoisotopic (exact) mass is 462 g/mol. The Morgan fingerprint density at radius 1 is 0.967 bits per heavy atom. The minimum absolute atomic E-state index is 0.172. The van der Waals surface area contributed by atoms with Crippen molar-refractivity contribution in [1.82, 2.24) is 5.32 Å². The number of hydrogen-bond acceptors (Lipinski definition) is 3. The van der Waals surface area contributed by atoms with E-state index in [2.05, 4.69) is 5.32 Å². The zero-order chi connectivity index (χ0) is 21.7. The molecule has 0 spiro atoms. The second-order valence-corrected chi connectivity index (χ2v) is 9.47. The molecule has 0 unspecified atom stereocenters. The van der Waals surface area contributed by atoms with Crippen molar-refractivity contribution in [2.45, 2.75) is 13.1 Å². The number of nitrogens with zero attached hydrogens (tertiary/aromatic N) is 1. The van der Waals surface area contributed by atoms with Crippen molar-refractivity contribution in [3.63, 3.8) is 0 Å². The molecule has 1 N–H and O–H groups in total. The third-order valence-electron chi connectivity index (χ3n) is 4.44. The highest BCUT2D eigenvalue weighted by molar-refractivity contribution is 7.92. The van der Waals surface area contributed by atoms with Gasteiger partial charge in [-0.2, -0.15) is 0 Å². The smallest absolute Gasteiger partial charge is 0.251 e. The van der Waals surface area contributed by atoms with Crippen LogP contribution in [0.25, 0.3) is 0 Å². The second kappa shape index (κ2) is 9.51. The van der Waals surface area contributed by atoms with Crippen molar-refractivity contribution >= 4 is 44.8 Å². The lowest BCUT2D eigenvalue weighted by Crippen LogP contribution is -2.29. The van der Waals surface area contributed by atoms with E-state index in [0.717, 1.165) is 11.1 Å². The number of rotatable bonds is 7. The summed E-state index contributed by atoms with van der Waals surface area (Å²) in [5, 5.41) is 3.83. The first kappa shape index (κ1) is 22.2. The summed E-state index contributed by atoms with van der Waals surface area (Å²) in [4.78, 5) is 12.4. The minimum atomic E-state index is -3.46. The van der Waals surface area contributed by atoms with Crippen LogP contribution in [-0.2, 0) is 23.1 Å². The van der Waals surface area contributed by atoms with E-state index >= 15 is 0 Å². The molecule has 30 heavy (non-hydrogen) atoms. The fraction of sp³-hybridized carbons (Fsp3) is 0.136. The summed E-state index contributed by atoms with van der Waals surface area (Å²) in [7, 11) is -3.46. The molecule has 3 aromatic carbocycles. The summed E-state index contributed by atoms with van der Waals surface area (Å²) < 4.78 is 25.8. The van der Waals surface area contributed by atoms with E-state index in [-0.39, 0.29) is 19.0 Å². The van der Waals surface area contributed by atoms with Crippen LogP contribution >= 0.6 is 23.2 Å². The topological polar surface area (TPSA) is 66.5 Å². The van der Waals surface area contributed by atoms with Crippen molar-refractivity contribution in [1.29, 1.82) is 0 Å². The van der Waals surface area contributed by atoms with E-state index in [1.165, 1.54) is 10.6 Å². The van der Waals surface area contributed by atoms with Gasteiger partial charge in [0.1, 0.15) is 0 Å². The van der Waals surface area contributed by atoms with Gasteiger partial charge in [0.15, 0.2) is 0 Å². The van der Waals surface area contributed by atoms with E-state index in [1.807, 2.05) is 6.07 Å². The number of halogens is 2. The fourth-order valence-corrected chi connectivity index (χ4v) is 4.23. The number of sulfonamides is 1. The van der Waals surface area contributed by atoms with Crippen LogP contribution in [0.5, 0.6) is 0 Å². The number of para-hydroxylation sites is 1. The maximum atomic E-state index is 12.4. The molecule has 3 aromatic rings. The van der Waals surface area contributed by atoms with Gasteiger partial charge in [-0.25, -0.2) is 8.42 Å². The largest absolute Gasteiger partial charge is 0.348 e. The molecule has 0 atom stereocenters. The van der Waals surface area contributed by atoms with Gasteiger partial charge in [0.25, 0.3) is 5.91 Å².